The molecule has 1 heterocycles. The van der Waals surface area contributed by atoms with Crippen LogP contribution >= 0.6 is 23.2 Å². The zero-order valence-electron chi connectivity index (χ0n) is 14.6. The van der Waals surface area contributed by atoms with Crippen molar-refractivity contribution in [1.82, 2.24) is 10.2 Å². The second-order valence-electron chi connectivity index (χ2n) is 5.57. The van der Waals surface area contributed by atoms with Gasteiger partial charge in [-0.15, -0.1) is 10.2 Å². The van der Waals surface area contributed by atoms with Gasteiger partial charge >= 0.3 is 5.97 Å². The quantitative estimate of drug-likeness (QED) is 0.532. The molecule has 140 valence electrons. The first-order valence-corrected chi connectivity index (χ1v) is 8.96. The van der Waals surface area contributed by atoms with Crippen LogP contribution in [-0.2, 0) is 9.53 Å². The van der Waals surface area contributed by atoms with E-state index >= 15 is 0 Å². The van der Waals surface area contributed by atoms with Gasteiger partial charge in [-0.1, -0.05) is 23.2 Å². The monoisotopic (exact) mass is 406 g/mol. The van der Waals surface area contributed by atoms with Crippen LogP contribution < -0.4 is 9.47 Å². The Morgan fingerprint density at radius 2 is 1.78 bits per heavy atom. The van der Waals surface area contributed by atoms with Crippen LogP contribution in [0, 0.1) is 0 Å². The van der Waals surface area contributed by atoms with Crippen LogP contribution in [0.3, 0.4) is 0 Å². The van der Waals surface area contributed by atoms with Crippen LogP contribution in [0.1, 0.15) is 13.8 Å². The van der Waals surface area contributed by atoms with E-state index in [2.05, 4.69) is 10.2 Å². The van der Waals surface area contributed by atoms with Gasteiger partial charge in [0.25, 0.3) is 5.88 Å². The standard InChI is InChI=1S/C19H16Cl2N2O4/c1-3-25-19(24)11(2)26-13-5-7-14(8-6-13)27-18-17(21)15-9-4-12(20)10-16(15)22-23-18/h4-11H,3H2,1-2H3. The number of aromatic nitrogens is 2. The predicted molar refractivity (Wildman–Crippen MR) is 103 cm³/mol. The number of nitrogens with zero attached hydrogens (tertiary/aromatic N) is 2. The van der Waals surface area contributed by atoms with Crippen molar-refractivity contribution in [2.24, 2.45) is 0 Å². The molecule has 3 rings (SSSR count). The molecule has 0 saturated carbocycles. The molecule has 0 bridgehead atoms. The summed E-state index contributed by atoms with van der Waals surface area (Å²) in [7, 11) is 0. The molecule has 0 radical (unpaired) electrons. The number of ether oxygens (including phenoxy) is 3. The maximum atomic E-state index is 11.6. The normalized spacial score (nSPS) is 11.9. The van der Waals surface area contributed by atoms with Gasteiger partial charge in [0.2, 0.25) is 0 Å². The molecule has 0 N–H and O–H groups in total. The van der Waals surface area contributed by atoms with Crippen molar-refractivity contribution in [1.29, 1.82) is 0 Å². The number of carbonyl (C=O) groups is 1. The lowest BCUT2D eigenvalue weighted by molar-refractivity contribution is -0.150. The van der Waals surface area contributed by atoms with E-state index in [1.807, 2.05) is 0 Å². The number of rotatable bonds is 6. The first kappa shape index (κ1) is 19.2. The molecular weight excluding hydrogens is 391 g/mol. The van der Waals surface area contributed by atoms with Crippen LogP contribution in [0.15, 0.2) is 42.5 Å². The number of hydrogen-bond acceptors (Lipinski definition) is 6. The Kier molecular flexibility index (Phi) is 5.98. The Bertz CT molecular complexity index is 964. The predicted octanol–water partition coefficient (Wildman–Crippen LogP) is 5.06. The summed E-state index contributed by atoms with van der Waals surface area (Å²) >= 11 is 12.3. The molecule has 1 unspecified atom stereocenters. The Morgan fingerprint density at radius 3 is 2.48 bits per heavy atom. The summed E-state index contributed by atoms with van der Waals surface area (Å²) < 4.78 is 16.1. The van der Waals surface area contributed by atoms with Crippen molar-refractivity contribution in [2.75, 3.05) is 6.61 Å². The third kappa shape index (κ3) is 4.59. The highest BCUT2D eigenvalue weighted by molar-refractivity contribution is 6.37. The highest BCUT2D eigenvalue weighted by atomic mass is 35.5. The number of esters is 1. The van der Waals surface area contributed by atoms with Crippen LogP contribution in [0.4, 0.5) is 0 Å². The lowest BCUT2D eigenvalue weighted by Crippen LogP contribution is -2.25. The molecule has 0 amide bonds. The molecule has 1 atom stereocenters. The van der Waals surface area contributed by atoms with E-state index in [1.54, 1.807) is 56.3 Å². The molecule has 8 heteroatoms. The summed E-state index contributed by atoms with van der Waals surface area (Å²) in [6, 6.07) is 11.9. The molecule has 0 aliphatic rings. The van der Waals surface area contributed by atoms with Crippen molar-refractivity contribution in [3.05, 3.63) is 52.5 Å². The van der Waals surface area contributed by atoms with Crippen molar-refractivity contribution in [2.45, 2.75) is 20.0 Å². The number of halogens is 2. The molecular formula is C19H16Cl2N2O4. The zero-order valence-corrected chi connectivity index (χ0v) is 16.1. The lowest BCUT2D eigenvalue weighted by Gasteiger charge is -2.13. The SMILES string of the molecule is CCOC(=O)C(C)Oc1ccc(Oc2nnc3cc(Cl)ccc3c2Cl)cc1. The van der Waals surface area contributed by atoms with Gasteiger partial charge < -0.3 is 14.2 Å². The molecule has 0 spiro atoms. The van der Waals surface area contributed by atoms with E-state index in [1.165, 1.54) is 0 Å². The average molecular weight is 407 g/mol. The minimum Gasteiger partial charge on any atom is -0.479 e. The minimum atomic E-state index is -0.704. The van der Waals surface area contributed by atoms with E-state index in [9.17, 15) is 4.79 Å². The van der Waals surface area contributed by atoms with Crippen molar-refractivity contribution < 1.29 is 19.0 Å². The Hall–Kier alpha value is -2.57. The van der Waals surface area contributed by atoms with E-state index in [0.29, 0.717) is 39.1 Å². The third-order valence-corrected chi connectivity index (χ3v) is 4.20. The summed E-state index contributed by atoms with van der Waals surface area (Å²) in [5.41, 5.74) is 0.580. The topological polar surface area (TPSA) is 70.5 Å². The molecule has 6 nitrogen and oxygen atoms in total. The largest absolute Gasteiger partial charge is 0.479 e. The molecule has 3 aromatic rings. The van der Waals surface area contributed by atoms with E-state index in [-0.39, 0.29) is 5.88 Å². The first-order valence-electron chi connectivity index (χ1n) is 8.20. The maximum Gasteiger partial charge on any atom is 0.347 e. The molecule has 0 aliphatic carbocycles. The van der Waals surface area contributed by atoms with Gasteiger partial charge in [0, 0.05) is 10.4 Å². The third-order valence-electron chi connectivity index (χ3n) is 3.60. The summed E-state index contributed by atoms with van der Waals surface area (Å²) in [5, 5.41) is 9.65. The zero-order chi connectivity index (χ0) is 19.4. The Labute approximate surface area is 166 Å². The number of benzene rings is 2. The van der Waals surface area contributed by atoms with Gasteiger partial charge in [-0.05, 0) is 56.3 Å². The summed E-state index contributed by atoms with van der Waals surface area (Å²) in [4.78, 5) is 11.6. The van der Waals surface area contributed by atoms with Gasteiger partial charge in [0.15, 0.2) is 6.10 Å². The first-order chi connectivity index (χ1) is 13.0. The van der Waals surface area contributed by atoms with Crippen LogP contribution in [0.2, 0.25) is 10.0 Å². The summed E-state index contributed by atoms with van der Waals surface area (Å²) in [6.45, 7) is 3.67. The fourth-order valence-electron chi connectivity index (χ4n) is 2.31. The summed E-state index contributed by atoms with van der Waals surface area (Å²) in [5.74, 6) is 0.764. The van der Waals surface area contributed by atoms with E-state index < -0.39 is 12.1 Å². The fourth-order valence-corrected chi connectivity index (χ4v) is 2.71. The fraction of sp³-hybridized carbons (Fsp3) is 0.211. The highest BCUT2D eigenvalue weighted by Gasteiger charge is 2.16. The van der Waals surface area contributed by atoms with Crippen molar-refractivity contribution >= 4 is 40.1 Å². The Balaban J connectivity index is 1.73. The van der Waals surface area contributed by atoms with Gasteiger partial charge in [0.1, 0.15) is 16.5 Å². The number of carbonyl (C=O) groups excluding carboxylic acids is 1. The molecule has 27 heavy (non-hydrogen) atoms. The van der Waals surface area contributed by atoms with Crippen molar-refractivity contribution in [3.63, 3.8) is 0 Å². The van der Waals surface area contributed by atoms with Crippen molar-refractivity contribution in [3.8, 4) is 17.4 Å². The van der Waals surface area contributed by atoms with Gasteiger partial charge in [-0.2, -0.15) is 0 Å². The molecule has 2 aromatic carbocycles. The molecule has 0 saturated heterocycles. The second-order valence-corrected chi connectivity index (χ2v) is 6.38. The van der Waals surface area contributed by atoms with E-state index in [4.69, 9.17) is 37.4 Å². The molecule has 0 fully saturated rings. The van der Waals surface area contributed by atoms with E-state index in [0.717, 1.165) is 0 Å². The number of hydrogen-bond donors (Lipinski definition) is 0. The van der Waals surface area contributed by atoms with Gasteiger partial charge in [-0.25, -0.2) is 4.79 Å². The molecule has 0 aliphatic heterocycles. The number of fused-ring (bicyclic) bond motifs is 1. The maximum absolute atomic E-state index is 11.6. The molecule has 1 aromatic heterocycles. The minimum absolute atomic E-state index is 0.181. The van der Waals surface area contributed by atoms with Crippen LogP contribution in [-0.4, -0.2) is 28.9 Å². The van der Waals surface area contributed by atoms with Gasteiger partial charge in [-0.3, -0.25) is 0 Å². The lowest BCUT2D eigenvalue weighted by atomic mass is 10.2. The van der Waals surface area contributed by atoms with Crippen LogP contribution in [0.5, 0.6) is 17.4 Å². The second kappa shape index (κ2) is 8.41. The summed E-state index contributed by atoms with van der Waals surface area (Å²) in [6.07, 6.45) is -0.704. The van der Waals surface area contributed by atoms with Gasteiger partial charge in [0.05, 0.1) is 12.1 Å². The Morgan fingerprint density at radius 1 is 1.07 bits per heavy atom. The van der Waals surface area contributed by atoms with Crippen LogP contribution in [0.25, 0.3) is 10.9 Å². The highest BCUT2D eigenvalue weighted by Crippen LogP contribution is 2.33. The average Bonchev–Trinajstić information content (AvgIpc) is 2.65. The smallest absolute Gasteiger partial charge is 0.347 e.